The predicted octanol–water partition coefficient (Wildman–Crippen LogP) is 3.31. The first-order valence-corrected chi connectivity index (χ1v) is 12.1. The molecule has 172 valence electrons. The Hall–Kier alpha value is -2.78. The molecule has 0 radical (unpaired) electrons. The lowest BCUT2D eigenvalue weighted by Crippen LogP contribution is -2.41. The van der Waals surface area contributed by atoms with E-state index < -0.39 is 15.8 Å². The molecule has 32 heavy (non-hydrogen) atoms. The number of likely N-dealkylation sites (tertiary alicyclic amines) is 1. The summed E-state index contributed by atoms with van der Waals surface area (Å²) < 4.78 is 42.1. The Morgan fingerprint density at radius 2 is 1.81 bits per heavy atom. The SMILES string of the molecule is CCC(=O)Nc1ccc(S(=O)(=O)NCC2CCN(C(=O)c3ccccc3F)CC2)c(C)c1. The number of carbonyl (C=O) groups is 2. The van der Waals surface area contributed by atoms with Gasteiger partial charge in [-0.25, -0.2) is 17.5 Å². The first kappa shape index (κ1) is 23.9. The van der Waals surface area contributed by atoms with Gasteiger partial charge in [-0.2, -0.15) is 0 Å². The number of sulfonamides is 1. The van der Waals surface area contributed by atoms with Crippen molar-refractivity contribution >= 4 is 27.5 Å². The van der Waals surface area contributed by atoms with Gasteiger partial charge >= 0.3 is 0 Å². The summed E-state index contributed by atoms with van der Waals surface area (Å²) in [7, 11) is -3.71. The molecule has 0 aromatic heterocycles. The molecule has 1 aliphatic heterocycles. The molecule has 0 spiro atoms. The maximum absolute atomic E-state index is 13.9. The van der Waals surface area contributed by atoms with E-state index in [0.717, 1.165) is 0 Å². The van der Waals surface area contributed by atoms with Crippen molar-refractivity contribution in [3.05, 3.63) is 59.4 Å². The average Bonchev–Trinajstić information content (AvgIpc) is 2.78. The predicted molar refractivity (Wildman–Crippen MR) is 120 cm³/mol. The summed E-state index contributed by atoms with van der Waals surface area (Å²) in [5.41, 5.74) is 1.15. The summed E-state index contributed by atoms with van der Waals surface area (Å²) in [6.45, 7) is 4.58. The molecular weight excluding hydrogens is 433 g/mol. The molecule has 0 atom stereocenters. The smallest absolute Gasteiger partial charge is 0.256 e. The van der Waals surface area contributed by atoms with Crippen LogP contribution in [0.2, 0.25) is 0 Å². The van der Waals surface area contributed by atoms with E-state index in [1.165, 1.54) is 18.2 Å². The fraction of sp³-hybridized carbons (Fsp3) is 0.391. The minimum absolute atomic E-state index is 0.0562. The Bertz CT molecular complexity index is 1100. The monoisotopic (exact) mass is 461 g/mol. The standard InChI is InChI=1S/C23H28FN3O4S/c1-3-22(28)26-18-8-9-21(16(2)14-18)32(30,31)25-15-17-10-12-27(13-11-17)23(29)19-6-4-5-7-20(19)24/h4-9,14,17,25H,3,10-13,15H2,1-2H3,(H,26,28). The number of hydrogen-bond donors (Lipinski definition) is 2. The highest BCUT2D eigenvalue weighted by atomic mass is 32.2. The minimum Gasteiger partial charge on any atom is -0.339 e. The van der Waals surface area contributed by atoms with Gasteiger partial charge in [0.25, 0.3) is 5.91 Å². The zero-order valence-corrected chi connectivity index (χ0v) is 19.0. The zero-order valence-electron chi connectivity index (χ0n) is 18.2. The molecule has 1 heterocycles. The molecule has 1 aliphatic rings. The first-order chi connectivity index (χ1) is 15.2. The lowest BCUT2D eigenvalue weighted by atomic mass is 9.96. The molecule has 1 saturated heterocycles. The molecule has 3 rings (SSSR count). The van der Waals surface area contributed by atoms with Crippen LogP contribution in [0.15, 0.2) is 47.4 Å². The third-order valence-corrected chi connectivity index (χ3v) is 7.22. The molecule has 2 amide bonds. The van der Waals surface area contributed by atoms with Crippen molar-refractivity contribution in [1.82, 2.24) is 9.62 Å². The van der Waals surface area contributed by atoms with Crippen molar-refractivity contribution in [2.24, 2.45) is 5.92 Å². The molecule has 1 fully saturated rings. The Kier molecular flexibility index (Phi) is 7.63. The molecule has 9 heteroatoms. The van der Waals surface area contributed by atoms with Crippen LogP contribution < -0.4 is 10.0 Å². The largest absolute Gasteiger partial charge is 0.339 e. The molecular formula is C23H28FN3O4S. The van der Waals surface area contributed by atoms with E-state index in [2.05, 4.69) is 10.0 Å². The van der Waals surface area contributed by atoms with Gasteiger partial charge in [-0.05, 0) is 61.6 Å². The van der Waals surface area contributed by atoms with Crippen molar-refractivity contribution in [3.8, 4) is 0 Å². The van der Waals surface area contributed by atoms with Gasteiger partial charge in [-0.3, -0.25) is 9.59 Å². The van der Waals surface area contributed by atoms with Crippen LogP contribution in [-0.4, -0.2) is 44.8 Å². The Labute approximate surface area is 188 Å². The molecule has 0 unspecified atom stereocenters. The van der Waals surface area contributed by atoms with Crippen molar-refractivity contribution in [1.29, 1.82) is 0 Å². The lowest BCUT2D eigenvalue weighted by molar-refractivity contribution is -0.115. The number of piperidine rings is 1. The van der Waals surface area contributed by atoms with E-state index in [4.69, 9.17) is 0 Å². The topological polar surface area (TPSA) is 95.6 Å². The normalized spacial score (nSPS) is 14.9. The van der Waals surface area contributed by atoms with Crippen LogP contribution in [0.1, 0.15) is 42.1 Å². The van der Waals surface area contributed by atoms with Gasteiger partial charge in [-0.15, -0.1) is 0 Å². The summed E-state index contributed by atoms with van der Waals surface area (Å²) in [6, 6.07) is 10.6. The van der Waals surface area contributed by atoms with Gasteiger partial charge in [-0.1, -0.05) is 19.1 Å². The van der Waals surface area contributed by atoms with Crippen molar-refractivity contribution < 1.29 is 22.4 Å². The maximum Gasteiger partial charge on any atom is 0.256 e. The molecule has 7 nitrogen and oxygen atoms in total. The number of hydrogen-bond acceptors (Lipinski definition) is 4. The Morgan fingerprint density at radius 1 is 1.12 bits per heavy atom. The number of benzene rings is 2. The quantitative estimate of drug-likeness (QED) is 0.661. The Balaban J connectivity index is 1.55. The average molecular weight is 462 g/mol. The second-order valence-electron chi connectivity index (χ2n) is 7.95. The van der Waals surface area contributed by atoms with Crippen LogP contribution in [0.5, 0.6) is 0 Å². The maximum atomic E-state index is 13.9. The van der Waals surface area contributed by atoms with Crippen molar-refractivity contribution in [2.45, 2.75) is 38.0 Å². The summed E-state index contributed by atoms with van der Waals surface area (Å²) in [5.74, 6) is -0.938. The molecule has 0 aliphatic carbocycles. The number of nitrogens with one attached hydrogen (secondary N) is 2. The number of halogens is 1. The van der Waals surface area contributed by atoms with Gasteiger partial charge in [0.05, 0.1) is 10.5 Å². The van der Waals surface area contributed by atoms with Gasteiger partial charge in [0, 0.05) is 31.7 Å². The van der Waals surface area contributed by atoms with E-state index in [1.54, 1.807) is 43.0 Å². The van der Waals surface area contributed by atoms with Crippen LogP contribution in [0, 0.1) is 18.7 Å². The number of rotatable bonds is 7. The minimum atomic E-state index is -3.71. The fourth-order valence-corrected chi connectivity index (χ4v) is 5.07. The highest BCUT2D eigenvalue weighted by molar-refractivity contribution is 7.89. The summed E-state index contributed by atoms with van der Waals surface area (Å²) >= 11 is 0. The molecule has 0 saturated carbocycles. The van der Waals surface area contributed by atoms with Gasteiger partial charge in [0.1, 0.15) is 5.82 Å². The van der Waals surface area contributed by atoms with Crippen LogP contribution in [0.3, 0.4) is 0 Å². The summed E-state index contributed by atoms with van der Waals surface area (Å²) in [4.78, 5) is 25.8. The van der Waals surface area contributed by atoms with Crippen LogP contribution in [0.25, 0.3) is 0 Å². The highest BCUT2D eigenvalue weighted by Gasteiger charge is 2.26. The van der Waals surface area contributed by atoms with E-state index >= 15 is 0 Å². The van der Waals surface area contributed by atoms with Crippen LogP contribution >= 0.6 is 0 Å². The number of nitrogens with zero attached hydrogens (tertiary/aromatic N) is 1. The van der Waals surface area contributed by atoms with Gasteiger partial charge < -0.3 is 10.2 Å². The second kappa shape index (κ2) is 10.2. The lowest BCUT2D eigenvalue weighted by Gasteiger charge is -2.32. The molecule has 0 bridgehead atoms. The second-order valence-corrected chi connectivity index (χ2v) is 9.68. The van der Waals surface area contributed by atoms with Crippen LogP contribution in [-0.2, 0) is 14.8 Å². The van der Waals surface area contributed by atoms with Gasteiger partial charge in [0.15, 0.2) is 0 Å². The van der Waals surface area contributed by atoms with E-state index in [-0.39, 0.29) is 34.7 Å². The third-order valence-electron chi connectivity index (χ3n) is 5.64. The molecule has 2 aromatic carbocycles. The van der Waals surface area contributed by atoms with E-state index in [1.807, 2.05) is 0 Å². The van der Waals surface area contributed by atoms with Gasteiger partial charge in [0.2, 0.25) is 15.9 Å². The van der Waals surface area contributed by atoms with Crippen LogP contribution in [0.4, 0.5) is 10.1 Å². The third kappa shape index (κ3) is 5.72. The Morgan fingerprint density at radius 3 is 2.44 bits per heavy atom. The number of anilines is 1. The number of aryl methyl sites for hydroxylation is 1. The highest BCUT2D eigenvalue weighted by Crippen LogP contribution is 2.22. The van der Waals surface area contributed by atoms with Crippen molar-refractivity contribution in [2.75, 3.05) is 25.0 Å². The fourth-order valence-electron chi connectivity index (χ4n) is 3.73. The van der Waals surface area contributed by atoms with E-state index in [0.29, 0.717) is 43.6 Å². The number of amides is 2. The molecule has 2 N–H and O–H groups in total. The van der Waals surface area contributed by atoms with E-state index in [9.17, 15) is 22.4 Å². The summed E-state index contributed by atoms with van der Waals surface area (Å²) in [6.07, 6.45) is 1.60. The number of carbonyl (C=O) groups excluding carboxylic acids is 2. The summed E-state index contributed by atoms with van der Waals surface area (Å²) in [5, 5.41) is 2.71. The van der Waals surface area contributed by atoms with Crippen molar-refractivity contribution in [3.63, 3.8) is 0 Å². The molecule has 2 aromatic rings. The first-order valence-electron chi connectivity index (χ1n) is 10.6. The zero-order chi connectivity index (χ0) is 23.3.